The maximum atomic E-state index is 12.4. The minimum Gasteiger partial charge on any atom is -0.326 e. The van der Waals surface area contributed by atoms with Crippen LogP contribution in [0.4, 0.5) is 0 Å². The second-order valence-corrected chi connectivity index (χ2v) is 6.95. The molecule has 7 heteroatoms. The fourth-order valence-electron chi connectivity index (χ4n) is 1.94. The molecule has 2 heterocycles. The standard InChI is InChI=1S/C10H14BrN3O2S/c1-7-10(12)2-3-14(7)17(15,16)9-4-8(11)5-13-6-9/h4-7,10H,2-3,12H2,1H3. The fourth-order valence-corrected chi connectivity index (χ4v) is 4.14. The van der Waals surface area contributed by atoms with Crippen LogP contribution in [0.1, 0.15) is 13.3 Å². The van der Waals surface area contributed by atoms with Crippen LogP contribution in [-0.2, 0) is 10.0 Å². The lowest BCUT2D eigenvalue weighted by Gasteiger charge is -2.22. The van der Waals surface area contributed by atoms with Crippen LogP contribution in [-0.4, -0.2) is 36.3 Å². The number of pyridine rings is 1. The summed E-state index contributed by atoms with van der Waals surface area (Å²) in [7, 11) is -3.48. The van der Waals surface area contributed by atoms with Gasteiger partial charge in [0.2, 0.25) is 10.0 Å². The molecule has 2 unspecified atom stereocenters. The Bertz CT molecular complexity index is 520. The van der Waals surface area contributed by atoms with Crippen LogP contribution in [0.25, 0.3) is 0 Å². The first-order chi connectivity index (χ1) is 7.93. The van der Waals surface area contributed by atoms with Crippen molar-refractivity contribution in [3.05, 3.63) is 22.9 Å². The van der Waals surface area contributed by atoms with Crippen molar-refractivity contribution in [1.29, 1.82) is 0 Å². The lowest BCUT2D eigenvalue weighted by molar-refractivity contribution is 0.393. The van der Waals surface area contributed by atoms with E-state index in [0.29, 0.717) is 17.4 Å². The fraction of sp³-hybridized carbons (Fsp3) is 0.500. The monoisotopic (exact) mass is 319 g/mol. The van der Waals surface area contributed by atoms with Gasteiger partial charge in [-0.05, 0) is 35.3 Å². The molecule has 0 saturated carbocycles. The maximum Gasteiger partial charge on any atom is 0.244 e. The van der Waals surface area contributed by atoms with Crippen LogP contribution in [0.15, 0.2) is 27.8 Å². The Balaban J connectivity index is 2.37. The number of halogens is 1. The summed E-state index contributed by atoms with van der Waals surface area (Å²) in [6, 6.07) is 1.29. The van der Waals surface area contributed by atoms with Gasteiger partial charge in [-0.15, -0.1) is 0 Å². The van der Waals surface area contributed by atoms with Crippen LogP contribution < -0.4 is 5.73 Å². The molecule has 1 aromatic rings. The highest BCUT2D eigenvalue weighted by molar-refractivity contribution is 9.10. The van der Waals surface area contributed by atoms with E-state index >= 15 is 0 Å². The predicted octanol–water partition coefficient (Wildman–Crippen LogP) is 0.954. The predicted molar refractivity (Wildman–Crippen MR) is 67.9 cm³/mol. The summed E-state index contributed by atoms with van der Waals surface area (Å²) in [6.45, 7) is 2.30. The van der Waals surface area contributed by atoms with E-state index in [-0.39, 0.29) is 17.0 Å². The van der Waals surface area contributed by atoms with E-state index in [1.807, 2.05) is 6.92 Å². The number of sulfonamides is 1. The van der Waals surface area contributed by atoms with Crippen LogP contribution in [0.3, 0.4) is 0 Å². The number of nitrogens with zero attached hydrogens (tertiary/aromatic N) is 2. The Morgan fingerprint density at radius 1 is 1.53 bits per heavy atom. The molecule has 2 rings (SSSR count). The number of nitrogens with two attached hydrogens (primary N) is 1. The normalized spacial score (nSPS) is 26.3. The van der Waals surface area contributed by atoms with E-state index in [9.17, 15) is 8.42 Å². The largest absolute Gasteiger partial charge is 0.326 e. The quantitative estimate of drug-likeness (QED) is 0.880. The molecule has 17 heavy (non-hydrogen) atoms. The molecule has 2 atom stereocenters. The molecule has 0 aromatic carbocycles. The third-order valence-corrected chi connectivity index (χ3v) is 5.43. The van der Waals surface area contributed by atoms with Gasteiger partial charge in [-0.1, -0.05) is 0 Å². The third kappa shape index (κ3) is 2.37. The zero-order valence-corrected chi connectivity index (χ0v) is 11.8. The molecule has 0 radical (unpaired) electrons. The van der Waals surface area contributed by atoms with Gasteiger partial charge in [0.05, 0.1) is 0 Å². The Morgan fingerprint density at radius 2 is 2.24 bits per heavy atom. The summed E-state index contributed by atoms with van der Waals surface area (Å²) >= 11 is 3.22. The number of hydrogen-bond donors (Lipinski definition) is 1. The molecule has 1 aliphatic heterocycles. The average Bonchev–Trinajstić information content (AvgIpc) is 2.60. The molecule has 1 aliphatic rings. The minimum absolute atomic E-state index is 0.0927. The summed E-state index contributed by atoms with van der Waals surface area (Å²) in [5, 5.41) is 0. The van der Waals surface area contributed by atoms with E-state index in [1.165, 1.54) is 10.5 Å². The molecule has 0 spiro atoms. The highest BCUT2D eigenvalue weighted by Crippen LogP contribution is 2.25. The van der Waals surface area contributed by atoms with Crippen molar-refractivity contribution >= 4 is 26.0 Å². The summed E-state index contributed by atoms with van der Waals surface area (Å²) < 4.78 is 26.8. The summed E-state index contributed by atoms with van der Waals surface area (Å²) in [5.74, 6) is 0. The molecule has 5 nitrogen and oxygen atoms in total. The van der Waals surface area contributed by atoms with Crippen LogP contribution in [0, 0.1) is 0 Å². The van der Waals surface area contributed by atoms with Gasteiger partial charge in [-0.3, -0.25) is 4.98 Å². The molecule has 0 aliphatic carbocycles. The highest BCUT2D eigenvalue weighted by atomic mass is 79.9. The van der Waals surface area contributed by atoms with Gasteiger partial charge in [0, 0.05) is 35.5 Å². The molecule has 1 fully saturated rings. The van der Waals surface area contributed by atoms with Crippen molar-refractivity contribution in [2.24, 2.45) is 5.73 Å². The van der Waals surface area contributed by atoms with E-state index in [4.69, 9.17) is 5.73 Å². The lowest BCUT2D eigenvalue weighted by Crippen LogP contribution is -2.40. The maximum absolute atomic E-state index is 12.4. The number of hydrogen-bond acceptors (Lipinski definition) is 4. The zero-order valence-electron chi connectivity index (χ0n) is 9.38. The Kier molecular flexibility index (Phi) is 3.53. The summed E-state index contributed by atoms with van der Waals surface area (Å²) in [4.78, 5) is 4.08. The topological polar surface area (TPSA) is 76.3 Å². The van der Waals surface area contributed by atoms with Crippen molar-refractivity contribution in [2.75, 3.05) is 6.54 Å². The highest BCUT2D eigenvalue weighted by Gasteiger charge is 2.37. The zero-order chi connectivity index (χ0) is 12.6. The SMILES string of the molecule is CC1C(N)CCN1S(=O)(=O)c1cncc(Br)c1. The second kappa shape index (κ2) is 4.64. The number of aromatic nitrogens is 1. The smallest absolute Gasteiger partial charge is 0.244 e. The Labute approximate surface area is 109 Å². The van der Waals surface area contributed by atoms with Crippen LogP contribution >= 0.6 is 15.9 Å². The summed E-state index contributed by atoms with van der Waals surface area (Å²) in [5.41, 5.74) is 5.84. The Hall–Kier alpha value is -0.500. The first-order valence-corrected chi connectivity index (χ1v) is 7.54. The molecule has 1 saturated heterocycles. The van der Waals surface area contributed by atoms with E-state index in [2.05, 4.69) is 20.9 Å². The van der Waals surface area contributed by atoms with Gasteiger partial charge in [-0.25, -0.2) is 8.42 Å². The Morgan fingerprint density at radius 3 is 2.76 bits per heavy atom. The van der Waals surface area contributed by atoms with E-state index in [1.54, 1.807) is 12.3 Å². The van der Waals surface area contributed by atoms with Crippen molar-refractivity contribution in [3.63, 3.8) is 0 Å². The van der Waals surface area contributed by atoms with Gasteiger partial charge >= 0.3 is 0 Å². The second-order valence-electron chi connectivity index (χ2n) is 4.15. The van der Waals surface area contributed by atoms with Crippen molar-refractivity contribution in [2.45, 2.75) is 30.3 Å². The van der Waals surface area contributed by atoms with Crippen molar-refractivity contribution in [1.82, 2.24) is 9.29 Å². The first kappa shape index (κ1) is 12.9. The third-order valence-electron chi connectivity index (χ3n) is 3.04. The van der Waals surface area contributed by atoms with Gasteiger partial charge in [-0.2, -0.15) is 4.31 Å². The van der Waals surface area contributed by atoms with Gasteiger partial charge in [0.1, 0.15) is 4.90 Å². The van der Waals surface area contributed by atoms with E-state index < -0.39 is 10.0 Å². The number of rotatable bonds is 2. The molecular formula is C10H14BrN3O2S. The van der Waals surface area contributed by atoms with Gasteiger partial charge in [0.15, 0.2) is 0 Å². The minimum atomic E-state index is -3.48. The average molecular weight is 320 g/mol. The molecule has 1 aromatic heterocycles. The molecule has 2 N–H and O–H groups in total. The molecule has 0 bridgehead atoms. The lowest BCUT2D eigenvalue weighted by atomic mass is 10.2. The van der Waals surface area contributed by atoms with Crippen molar-refractivity contribution < 1.29 is 8.42 Å². The van der Waals surface area contributed by atoms with Gasteiger partial charge < -0.3 is 5.73 Å². The molecule has 0 amide bonds. The van der Waals surface area contributed by atoms with Crippen LogP contribution in [0.2, 0.25) is 0 Å². The van der Waals surface area contributed by atoms with Gasteiger partial charge in [0.25, 0.3) is 0 Å². The molecule has 94 valence electrons. The van der Waals surface area contributed by atoms with Crippen molar-refractivity contribution in [3.8, 4) is 0 Å². The first-order valence-electron chi connectivity index (χ1n) is 5.31. The molecular weight excluding hydrogens is 306 g/mol. The van der Waals surface area contributed by atoms with Crippen LogP contribution in [0.5, 0.6) is 0 Å². The summed E-state index contributed by atoms with van der Waals surface area (Å²) in [6.07, 6.45) is 3.61. The van der Waals surface area contributed by atoms with E-state index in [0.717, 1.165) is 0 Å².